The first-order chi connectivity index (χ1) is 17.1. The summed E-state index contributed by atoms with van der Waals surface area (Å²) in [6.07, 6.45) is -1.30. The van der Waals surface area contributed by atoms with Crippen LogP contribution in [0.4, 0.5) is 18.9 Å². The lowest BCUT2D eigenvalue weighted by Gasteiger charge is -2.22. The summed E-state index contributed by atoms with van der Waals surface area (Å²) in [5.41, 5.74) is 6.22. The highest BCUT2D eigenvalue weighted by Gasteiger charge is 2.31. The van der Waals surface area contributed by atoms with Crippen LogP contribution in [0.5, 0.6) is 5.75 Å². The van der Waals surface area contributed by atoms with Crippen LogP contribution in [0.1, 0.15) is 28.8 Å². The van der Waals surface area contributed by atoms with Crippen molar-refractivity contribution in [3.05, 3.63) is 65.9 Å². The van der Waals surface area contributed by atoms with Crippen LogP contribution in [0.3, 0.4) is 0 Å². The highest BCUT2D eigenvalue weighted by atomic mass is 19.4. The predicted octanol–water partition coefficient (Wildman–Crippen LogP) is 3.69. The van der Waals surface area contributed by atoms with E-state index in [0.717, 1.165) is 37.2 Å². The first-order valence-electron chi connectivity index (χ1n) is 11.4. The maximum Gasteiger partial charge on any atom is 0.416 e. The fourth-order valence-corrected chi connectivity index (χ4v) is 4.30. The summed E-state index contributed by atoms with van der Waals surface area (Å²) in [5.74, 6) is -0.480. The number of benzene rings is 2. The van der Waals surface area contributed by atoms with Crippen LogP contribution < -0.4 is 15.8 Å². The highest BCUT2D eigenvalue weighted by molar-refractivity contribution is 6.04. The molecule has 36 heavy (non-hydrogen) atoms. The molecule has 2 aromatic carbocycles. The number of amides is 2. The summed E-state index contributed by atoms with van der Waals surface area (Å²) in [6, 6.07) is 10.7. The van der Waals surface area contributed by atoms with Crippen LogP contribution in [0.25, 0.3) is 11.3 Å². The molecule has 1 fully saturated rings. The van der Waals surface area contributed by atoms with E-state index in [-0.39, 0.29) is 17.5 Å². The van der Waals surface area contributed by atoms with E-state index in [2.05, 4.69) is 10.4 Å². The van der Waals surface area contributed by atoms with Gasteiger partial charge >= 0.3 is 6.18 Å². The Labute approximate surface area is 205 Å². The molecule has 1 aliphatic heterocycles. The number of alkyl halides is 3. The summed E-state index contributed by atoms with van der Waals surface area (Å²) >= 11 is 0. The molecule has 2 heterocycles. The van der Waals surface area contributed by atoms with Gasteiger partial charge in [-0.3, -0.25) is 19.2 Å². The summed E-state index contributed by atoms with van der Waals surface area (Å²) in [4.78, 5) is 26.3. The third kappa shape index (κ3) is 5.68. The van der Waals surface area contributed by atoms with E-state index >= 15 is 0 Å². The van der Waals surface area contributed by atoms with Crippen LogP contribution in [0.15, 0.2) is 54.7 Å². The van der Waals surface area contributed by atoms with E-state index < -0.39 is 17.6 Å². The number of anilines is 1. The van der Waals surface area contributed by atoms with Crippen LogP contribution >= 0.6 is 0 Å². The summed E-state index contributed by atoms with van der Waals surface area (Å²) in [7, 11) is 1.76. The molecular weight excluding hydrogens is 475 g/mol. The lowest BCUT2D eigenvalue weighted by atomic mass is 10.1. The van der Waals surface area contributed by atoms with Gasteiger partial charge in [0.15, 0.2) is 0 Å². The van der Waals surface area contributed by atoms with Gasteiger partial charge in [0.2, 0.25) is 5.91 Å². The molecule has 190 valence electrons. The molecule has 1 saturated heterocycles. The monoisotopic (exact) mass is 501 g/mol. The Morgan fingerprint density at radius 1 is 1.19 bits per heavy atom. The lowest BCUT2D eigenvalue weighted by molar-refractivity contribution is -0.137. The molecule has 1 atom stereocenters. The summed E-state index contributed by atoms with van der Waals surface area (Å²) < 4.78 is 46.8. The Kier molecular flexibility index (Phi) is 7.30. The van der Waals surface area contributed by atoms with Gasteiger partial charge < -0.3 is 15.8 Å². The first-order valence-corrected chi connectivity index (χ1v) is 11.4. The van der Waals surface area contributed by atoms with Crippen molar-refractivity contribution in [2.45, 2.75) is 25.1 Å². The number of hydrogen-bond acceptors (Lipinski definition) is 5. The van der Waals surface area contributed by atoms with Crippen molar-refractivity contribution in [1.82, 2.24) is 14.7 Å². The zero-order chi connectivity index (χ0) is 25.9. The van der Waals surface area contributed by atoms with Crippen LogP contribution in [-0.2, 0) is 18.0 Å². The molecule has 1 aliphatic rings. The van der Waals surface area contributed by atoms with Gasteiger partial charge in [0.05, 0.1) is 17.3 Å². The topological polar surface area (TPSA) is 102 Å². The number of nitrogens with one attached hydrogen (secondary N) is 1. The molecule has 11 heteroatoms. The van der Waals surface area contributed by atoms with Gasteiger partial charge in [0.25, 0.3) is 5.91 Å². The minimum atomic E-state index is -4.55. The zero-order valence-electron chi connectivity index (χ0n) is 19.6. The quantitative estimate of drug-likeness (QED) is 0.490. The van der Waals surface area contributed by atoms with Gasteiger partial charge in [-0.05, 0) is 61.9 Å². The van der Waals surface area contributed by atoms with Gasteiger partial charge in [-0.15, -0.1) is 0 Å². The van der Waals surface area contributed by atoms with Crippen LogP contribution in [0.2, 0.25) is 0 Å². The maximum absolute atomic E-state index is 13.0. The number of aryl methyl sites for hydroxylation is 1. The van der Waals surface area contributed by atoms with E-state index in [1.54, 1.807) is 42.2 Å². The molecule has 1 unspecified atom stereocenters. The molecule has 3 aromatic rings. The largest absolute Gasteiger partial charge is 0.492 e. The Balaban J connectivity index is 1.52. The first kappa shape index (κ1) is 25.2. The van der Waals surface area contributed by atoms with Crippen LogP contribution in [0, 0.1) is 0 Å². The second kappa shape index (κ2) is 10.4. The standard InChI is InChI=1S/C25H26F3N5O3/c1-32-20(9-10-30-32)19-15-18(31-24(35)16-4-2-5-17(14-16)25(26,27)28)7-8-22(19)36-13-12-33-11-3-6-21(33)23(29)34/h2,4-5,7-10,14-15,21H,3,6,11-13H2,1H3,(H2,29,34)(H,31,35). The number of ether oxygens (including phenoxy) is 1. The number of nitrogens with zero attached hydrogens (tertiary/aromatic N) is 3. The van der Waals surface area contributed by atoms with Gasteiger partial charge in [-0.25, -0.2) is 0 Å². The molecule has 4 rings (SSSR count). The van der Waals surface area contributed by atoms with E-state index in [9.17, 15) is 22.8 Å². The average molecular weight is 502 g/mol. The van der Waals surface area contributed by atoms with E-state index in [1.165, 1.54) is 12.1 Å². The van der Waals surface area contributed by atoms with Gasteiger partial charge in [0, 0.05) is 36.6 Å². The molecule has 0 saturated carbocycles. The zero-order valence-corrected chi connectivity index (χ0v) is 19.6. The molecule has 2 amide bonds. The molecule has 0 aliphatic carbocycles. The van der Waals surface area contributed by atoms with E-state index in [0.29, 0.717) is 30.2 Å². The van der Waals surface area contributed by atoms with Crippen molar-refractivity contribution in [3.63, 3.8) is 0 Å². The second-order valence-electron chi connectivity index (χ2n) is 8.53. The number of carbonyl (C=O) groups is 2. The van der Waals surface area contributed by atoms with Crippen molar-refractivity contribution in [1.29, 1.82) is 0 Å². The second-order valence-corrected chi connectivity index (χ2v) is 8.53. The Morgan fingerprint density at radius 3 is 2.69 bits per heavy atom. The number of likely N-dealkylation sites (tertiary alicyclic amines) is 1. The minimum absolute atomic E-state index is 0.109. The van der Waals surface area contributed by atoms with E-state index in [4.69, 9.17) is 10.5 Å². The Morgan fingerprint density at radius 2 is 2.00 bits per heavy atom. The van der Waals surface area contributed by atoms with Gasteiger partial charge in [-0.2, -0.15) is 18.3 Å². The highest BCUT2D eigenvalue weighted by Crippen LogP contribution is 2.33. The normalized spacial score (nSPS) is 16.2. The Bertz CT molecular complexity index is 1260. The number of aromatic nitrogens is 2. The smallest absolute Gasteiger partial charge is 0.416 e. The molecule has 1 aromatic heterocycles. The van der Waals surface area contributed by atoms with Crippen molar-refractivity contribution < 1.29 is 27.5 Å². The van der Waals surface area contributed by atoms with E-state index in [1.807, 2.05) is 4.90 Å². The number of carbonyl (C=O) groups excluding carboxylic acids is 2. The number of primary amides is 1. The molecule has 0 spiro atoms. The average Bonchev–Trinajstić information content (AvgIpc) is 3.48. The number of halogens is 3. The molecule has 0 bridgehead atoms. The predicted molar refractivity (Wildman–Crippen MR) is 127 cm³/mol. The number of nitrogens with two attached hydrogens (primary N) is 1. The molecule has 8 nitrogen and oxygen atoms in total. The lowest BCUT2D eigenvalue weighted by Crippen LogP contribution is -2.42. The SMILES string of the molecule is Cn1nccc1-c1cc(NC(=O)c2cccc(C(F)(F)F)c2)ccc1OCCN1CCCC1C(N)=O. The maximum atomic E-state index is 13.0. The van der Waals surface area contributed by atoms with Crippen molar-refractivity contribution in [2.24, 2.45) is 12.8 Å². The van der Waals surface area contributed by atoms with Crippen molar-refractivity contribution in [2.75, 3.05) is 25.0 Å². The Hall–Kier alpha value is -3.86. The van der Waals surface area contributed by atoms with Gasteiger partial charge in [-0.1, -0.05) is 6.07 Å². The fourth-order valence-electron chi connectivity index (χ4n) is 4.30. The van der Waals surface area contributed by atoms with Crippen molar-refractivity contribution in [3.8, 4) is 17.0 Å². The fraction of sp³-hybridized carbons (Fsp3) is 0.320. The molecule has 0 radical (unpaired) electrons. The number of hydrogen-bond donors (Lipinski definition) is 2. The van der Waals surface area contributed by atoms with Gasteiger partial charge in [0.1, 0.15) is 12.4 Å². The molecular formula is C25H26F3N5O3. The van der Waals surface area contributed by atoms with Crippen molar-refractivity contribution >= 4 is 17.5 Å². The summed E-state index contributed by atoms with van der Waals surface area (Å²) in [6.45, 7) is 1.60. The summed E-state index contributed by atoms with van der Waals surface area (Å²) in [5, 5.41) is 6.84. The minimum Gasteiger partial charge on any atom is -0.492 e. The van der Waals surface area contributed by atoms with Crippen LogP contribution in [-0.4, -0.2) is 52.2 Å². The molecule has 3 N–H and O–H groups in total. The number of rotatable bonds is 8. The third-order valence-electron chi connectivity index (χ3n) is 6.11. The third-order valence-corrected chi connectivity index (χ3v) is 6.11.